The Hall–Kier alpha value is -3.00. The highest BCUT2D eigenvalue weighted by Crippen LogP contribution is 2.32. The molecule has 10 nitrogen and oxygen atoms in total. The Morgan fingerprint density at radius 3 is 2.64 bits per heavy atom. The third kappa shape index (κ3) is 8.49. The fourth-order valence-electron chi connectivity index (χ4n) is 4.02. The van der Waals surface area contributed by atoms with Crippen molar-refractivity contribution in [3.8, 4) is 5.75 Å². The molecule has 3 aromatic rings. The van der Waals surface area contributed by atoms with Crippen molar-refractivity contribution >= 4 is 52.6 Å². The number of rotatable bonds is 10. The average Bonchev–Trinajstić information content (AvgIpc) is 3.31. The maximum Gasteiger partial charge on any atom is 0.422 e. The molecule has 39 heavy (non-hydrogen) atoms. The zero-order valence-electron chi connectivity index (χ0n) is 20.7. The van der Waals surface area contributed by atoms with Crippen molar-refractivity contribution in [2.24, 2.45) is 0 Å². The number of fused-ring (bicyclic) bond motifs is 1. The van der Waals surface area contributed by atoms with Gasteiger partial charge in [0.15, 0.2) is 12.4 Å². The van der Waals surface area contributed by atoms with E-state index in [1.54, 1.807) is 18.2 Å². The largest absolute Gasteiger partial charge is 0.489 e. The van der Waals surface area contributed by atoms with Gasteiger partial charge in [-0.25, -0.2) is 14.8 Å². The Morgan fingerprint density at radius 1 is 1.18 bits per heavy atom. The summed E-state index contributed by atoms with van der Waals surface area (Å²) in [4.78, 5) is 21.7. The van der Waals surface area contributed by atoms with E-state index < -0.39 is 18.9 Å². The molecule has 3 heterocycles. The van der Waals surface area contributed by atoms with Crippen LogP contribution in [-0.2, 0) is 16.0 Å². The zero-order valence-corrected chi connectivity index (χ0v) is 22.3. The van der Waals surface area contributed by atoms with Gasteiger partial charge in [-0.2, -0.15) is 13.2 Å². The van der Waals surface area contributed by atoms with Gasteiger partial charge in [-0.05, 0) is 24.3 Å². The van der Waals surface area contributed by atoms with Gasteiger partial charge in [0.25, 0.3) is 0 Å². The third-order valence-corrected chi connectivity index (χ3v) is 6.11. The number of carbonyl (C=O) groups excluding carboxylic acids is 1. The summed E-state index contributed by atoms with van der Waals surface area (Å²) in [6.07, 6.45) is -1.61. The number of likely N-dealkylation sites (tertiary alicyclic amines) is 1. The highest BCUT2D eigenvalue weighted by Gasteiger charge is 2.32. The topological polar surface area (TPSA) is 111 Å². The number of aliphatic hydroxyl groups excluding tert-OH is 1. The highest BCUT2D eigenvalue weighted by molar-refractivity contribution is 6.32. The number of amides is 1. The van der Waals surface area contributed by atoms with Crippen LogP contribution in [0.1, 0.15) is 12.8 Å². The maximum atomic E-state index is 12.3. The summed E-state index contributed by atoms with van der Waals surface area (Å²) in [6, 6.07) is 7.08. The second-order valence-corrected chi connectivity index (χ2v) is 8.95. The number of benzene rings is 1. The van der Waals surface area contributed by atoms with E-state index in [4.69, 9.17) is 26.2 Å². The summed E-state index contributed by atoms with van der Waals surface area (Å²) in [5.74, 6) is 1.03. The minimum atomic E-state index is -4.56. The maximum absolute atomic E-state index is 12.3. The molecular formula is C24H28Cl2F3N5O5. The fourth-order valence-corrected chi connectivity index (χ4v) is 4.25. The van der Waals surface area contributed by atoms with E-state index in [9.17, 15) is 18.0 Å². The molecule has 1 aliphatic heterocycles. The van der Waals surface area contributed by atoms with Gasteiger partial charge >= 0.3 is 12.3 Å². The van der Waals surface area contributed by atoms with Crippen LogP contribution in [0.15, 0.2) is 36.8 Å². The van der Waals surface area contributed by atoms with Crippen LogP contribution in [0, 0.1) is 0 Å². The Bertz CT molecular complexity index is 1240. The fraction of sp³-hybridized carbons (Fsp3) is 0.458. The molecule has 0 aliphatic carbocycles. The summed E-state index contributed by atoms with van der Waals surface area (Å²) in [5, 5.41) is 12.5. The number of nitrogens with zero attached hydrogens (tertiary/aromatic N) is 4. The number of hydrogen-bond donors (Lipinski definition) is 2. The van der Waals surface area contributed by atoms with Gasteiger partial charge in [0, 0.05) is 44.4 Å². The smallest absolute Gasteiger partial charge is 0.422 e. The number of ether oxygens (including phenoxy) is 3. The van der Waals surface area contributed by atoms with Gasteiger partial charge in [0.05, 0.1) is 30.4 Å². The number of alkyl halides is 3. The average molecular weight is 594 g/mol. The Kier molecular flexibility index (Phi) is 10.9. The molecule has 1 fully saturated rings. The highest BCUT2D eigenvalue weighted by atomic mass is 35.5. The zero-order chi connectivity index (χ0) is 27.1. The molecule has 2 N–H and O–H groups in total. The summed E-state index contributed by atoms with van der Waals surface area (Å²) < 4.78 is 54.4. The molecule has 0 saturated carbocycles. The van der Waals surface area contributed by atoms with Crippen molar-refractivity contribution in [3.05, 3.63) is 41.8 Å². The van der Waals surface area contributed by atoms with E-state index in [-0.39, 0.29) is 44.8 Å². The molecule has 1 aromatic carbocycles. The number of halogens is 5. The van der Waals surface area contributed by atoms with Crippen molar-refractivity contribution in [2.45, 2.75) is 31.7 Å². The molecule has 2 aromatic heterocycles. The quantitative estimate of drug-likeness (QED) is 0.322. The van der Waals surface area contributed by atoms with Gasteiger partial charge in [0.1, 0.15) is 23.7 Å². The summed E-state index contributed by atoms with van der Waals surface area (Å²) in [5.41, 5.74) is 2.22. The van der Waals surface area contributed by atoms with Crippen LogP contribution >= 0.6 is 24.0 Å². The Labute approximate surface area is 233 Å². The Balaban J connectivity index is 0.00000420. The van der Waals surface area contributed by atoms with Crippen LogP contribution in [0.25, 0.3) is 11.0 Å². The lowest BCUT2D eigenvalue weighted by Crippen LogP contribution is -2.42. The molecule has 1 aliphatic rings. The number of anilines is 2. The van der Waals surface area contributed by atoms with Crippen LogP contribution in [0.5, 0.6) is 5.75 Å². The lowest BCUT2D eigenvalue weighted by Gasteiger charge is -2.31. The SMILES string of the molecule is Cl.O=C(OCC(F)(F)F)N1CCC(Oc2ccc(Nc3ncnc4ccn(CCOCCO)c34)cc2Cl)CC1. The van der Waals surface area contributed by atoms with Gasteiger partial charge in [-0.1, -0.05) is 11.6 Å². The van der Waals surface area contributed by atoms with Gasteiger partial charge < -0.3 is 34.1 Å². The number of nitrogens with one attached hydrogen (secondary N) is 1. The lowest BCUT2D eigenvalue weighted by atomic mass is 10.1. The first-order chi connectivity index (χ1) is 18.2. The van der Waals surface area contributed by atoms with Crippen molar-refractivity contribution in [3.63, 3.8) is 0 Å². The summed E-state index contributed by atoms with van der Waals surface area (Å²) >= 11 is 6.47. The molecule has 214 valence electrons. The third-order valence-electron chi connectivity index (χ3n) is 5.81. The van der Waals surface area contributed by atoms with E-state index in [1.165, 1.54) is 11.2 Å². The van der Waals surface area contributed by atoms with E-state index in [1.807, 2.05) is 16.8 Å². The first kappa shape index (κ1) is 30.5. The van der Waals surface area contributed by atoms with Crippen molar-refractivity contribution in [1.82, 2.24) is 19.4 Å². The number of aliphatic hydroxyl groups is 1. The molecule has 0 unspecified atom stereocenters. The number of carbonyl (C=O) groups is 1. The van der Waals surface area contributed by atoms with E-state index in [0.29, 0.717) is 48.3 Å². The first-order valence-corrected chi connectivity index (χ1v) is 12.3. The van der Waals surface area contributed by atoms with Crippen LogP contribution in [0.4, 0.5) is 29.5 Å². The van der Waals surface area contributed by atoms with Crippen LogP contribution in [-0.4, -0.2) is 82.4 Å². The second kappa shape index (κ2) is 13.9. The lowest BCUT2D eigenvalue weighted by molar-refractivity contribution is -0.162. The normalized spacial score (nSPS) is 14.2. The predicted octanol–water partition coefficient (Wildman–Crippen LogP) is 4.80. The van der Waals surface area contributed by atoms with Gasteiger partial charge in [-0.3, -0.25) is 0 Å². The molecular weight excluding hydrogens is 566 g/mol. The number of piperidine rings is 1. The summed E-state index contributed by atoms with van der Waals surface area (Å²) in [7, 11) is 0. The van der Waals surface area contributed by atoms with E-state index in [2.05, 4.69) is 20.0 Å². The molecule has 4 rings (SSSR count). The molecule has 0 radical (unpaired) electrons. The number of hydrogen-bond acceptors (Lipinski definition) is 8. The van der Waals surface area contributed by atoms with Crippen molar-refractivity contribution in [1.29, 1.82) is 0 Å². The summed E-state index contributed by atoms with van der Waals surface area (Å²) in [6.45, 7) is 0.0230. The first-order valence-electron chi connectivity index (χ1n) is 11.9. The van der Waals surface area contributed by atoms with Crippen LogP contribution < -0.4 is 10.1 Å². The van der Waals surface area contributed by atoms with E-state index in [0.717, 1.165) is 11.0 Å². The second-order valence-electron chi connectivity index (χ2n) is 8.55. The molecule has 0 bridgehead atoms. The van der Waals surface area contributed by atoms with Crippen LogP contribution in [0.2, 0.25) is 5.02 Å². The van der Waals surface area contributed by atoms with Gasteiger partial charge in [-0.15, -0.1) is 12.4 Å². The molecule has 15 heteroatoms. The Morgan fingerprint density at radius 2 is 1.95 bits per heavy atom. The monoisotopic (exact) mass is 593 g/mol. The minimum absolute atomic E-state index is 0. The van der Waals surface area contributed by atoms with Crippen molar-refractivity contribution < 1.29 is 37.3 Å². The molecule has 0 atom stereocenters. The van der Waals surface area contributed by atoms with E-state index >= 15 is 0 Å². The standard InChI is InChI=1S/C24H27ClF3N5O5.ClH/c25-18-13-16(31-22-21-19(29-15-30-22)5-8-32(21)9-11-36-12-10-34)1-2-20(18)38-17-3-6-33(7-4-17)23(35)37-14-24(26,27)28;/h1-2,5,8,13,15,17,34H,3-4,6-7,9-12,14H2,(H,29,30,31);1H. The molecule has 0 spiro atoms. The minimum Gasteiger partial charge on any atom is -0.489 e. The molecule has 1 saturated heterocycles. The molecule has 1 amide bonds. The van der Waals surface area contributed by atoms with Gasteiger partial charge in [0.2, 0.25) is 0 Å². The number of aromatic nitrogens is 3. The van der Waals surface area contributed by atoms with Crippen LogP contribution in [0.3, 0.4) is 0 Å². The predicted molar refractivity (Wildman–Crippen MR) is 140 cm³/mol. The van der Waals surface area contributed by atoms with Crippen molar-refractivity contribution in [2.75, 3.05) is 44.8 Å².